The summed E-state index contributed by atoms with van der Waals surface area (Å²) in [6, 6.07) is 8.25. The van der Waals surface area contributed by atoms with E-state index in [4.69, 9.17) is 17.3 Å². The topological polar surface area (TPSA) is 29.3 Å². The molecule has 116 valence electrons. The van der Waals surface area contributed by atoms with Crippen molar-refractivity contribution in [1.29, 1.82) is 0 Å². The van der Waals surface area contributed by atoms with Gasteiger partial charge in [-0.15, -0.1) is 24.8 Å². The lowest BCUT2D eigenvalue weighted by Gasteiger charge is -2.23. The summed E-state index contributed by atoms with van der Waals surface area (Å²) in [4.78, 5) is 2.52. The lowest BCUT2D eigenvalue weighted by atomic mass is 10.1. The standard InChI is InChI=1S/C15H23ClN2.2ClH/c16-14-7-5-13(6-8-14)11-15(17)12-18-9-3-1-2-4-10-18;;/h5-8,15H,1-4,9-12,17H2;2*1H. The Kier molecular flexibility index (Phi) is 10.7. The highest BCUT2D eigenvalue weighted by atomic mass is 35.5. The predicted octanol–water partition coefficient (Wildman–Crippen LogP) is 3.93. The minimum absolute atomic E-state index is 0. The van der Waals surface area contributed by atoms with Crippen molar-refractivity contribution in [3.63, 3.8) is 0 Å². The fourth-order valence-corrected chi connectivity index (χ4v) is 2.76. The van der Waals surface area contributed by atoms with E-state index >= 15 is 0 Å². The molecule has 1 saturated heterocycles. The molecule has 0 aliphatic carbocycles. The molecule has 1 aliphatic rings. The van der Waals surface area contributed by atoms with E-state index in [0.717, 1.165) is 18.0 Å². The van der Waals surface area contributed by atoms with Crippen LogP contribution in [0.2, 0.25) is 5.02 Å². The van der Waals surface area contributed by atoms with Crippen LogP contribution in [-0.2, 0) is 6.42 Å². The molecule has 1 heterocycles. The van der Waals surface area contributed by atoms with E-state index in [9.17, 15) is 0 Å². The molecule has 0 amide bonds. The summed E-state index contributed by atoms with van der Waals surface area (Å²) < 4.78 is 0. The molecule has 1 unspecified atom stereocenters. The van der Waals surface area contributed by atoms with Crippen molar-refractivity contribution in [2.45, 2.75) is 38.1 Å². The van der Waals surface area contributed by atoms with Gasteiger partial charge in [-0.1, -0.05) is 36.6 Å². The van der Waals surface area contributed by atoms with Gasteiger partial charge in [-0.3, -0.25) is 0 Å². The van der Waals surface area contributed by atoms with E-state index in [1.165, 1.54) is 44.3 Å². The van der Waals surface area contributed by atoms with Gasteiger partial charge < -0.3 is 10.6 Å². The van der Waals surface area contributed by atoms with Crippen LogP contribution in [0.5, 0.6) is 0 Å². The van der Waals surface area contributed by atoms with Gasteiger partial charge in [0.15, 0.2) is 0 Å². The molecule has 2 nitrogen and oxygen atoms in total. The third kappa shape index (κ3) is 7.14. The van der Waals surface area contributed by atoms with Gasteiger partial charge in [-0.25, -0.2) is 0 Å². The largest absolute Gasteiger partial charge is 0.326 e. The minimum atomic E-state index is 0. The molecule has 1 aromatic carbocycles. The smallest absolute Gasteiger partial charge is 0.0406 e. The first-order chi connectivity index (χ1) is 8.74. The molecule has 1 fully saturated rings. The summed E-state index contributed by atoms with van der Waals surface area (Å²) in [6.07, 6.45) is 6.35. The van der Waals surface area contributed by atoms with Gasteiger partial charge >= 0.3 is 0 Å². The molecule has 5 heteroatoms. The summed E-state index contributed by atoms with van der Waals surface area (Å²) in [7, 11) is 0. The predicted molar refractivity (Wildman–Crippen MR) is 92.5 cm³/mol. The molecule has 1 atom stereocenters. The summed E-state index contributed by atoms with van der Waals surface area (Å²) in [5.74, 6) is 0. The van der Waals surface area contributed by atoms with E-state index < -0.39 is 0 Å². The molecule has 0 spiro atoms. The van der Waals surface area contributed by atoms with Gasteiger partial charge in [0.05, 0.1) is 0 Å². The van der Waals surface area contributed by atoms with Crippen LogP contribution in [0.25, 0.3) is 0 Å². The Hall–Kier alpha value is 0.01000. The SMILES string of the molecule is Cl.Cl.NC(Cc1ccc(Cl)cc1)CN1CCCCCC1. The van der Waals surface area contributed by atoms with Gasteiger partial charge in [-0.05, 0) is 50.0 Å². The van der Waals surface area contributed by atoms with Crippen LogP contribution in [0.3, 0.4) is 0 Å². The molecule has 1 aromatic rings. The lowest BCUT2D eigenvalue weighted by Crippen LogP contribution is -2.39. The molecule has 2 rings (SSSR count). The minimum Gasteiger partial charge on any atom is -0.326 e. The lowest BCUT2D eigenvalue weighted by molar-refractivity contribution is 0.266. The normalized spacial score (nSPS) is 17.5. The van der Waals surface area contributed by atoms with Crippen LogP contribution in [0, 0.1) is 0 Å². The van der Waals surface area contributed by atoms with Crippen LogP contribution in [0.1, 0.15) is 31.2 Å². The summed E-state index contributed by atoms with van der Waals surface area (Å²) >= 11 is 5.88. The Bertz CT molecular complexity index is 349. The van der Waals surface area contributed by atoms with Crippen molar-refractivity contribution in [3.05, 3.63) is 34.9 Å². The van der Waals surface area contributed by atoms with E-state index in [1.54, 1.807) is 0 Å². The second kappa shape index (κ2) is 10.7. The molecule has 2 N–H and O–H groups in total. The molecular formula is C15H25Cl3N2. The van der Waals surface area contributed by atoms with Gasteiger partial charge in [0.2, 0.25) is 0 Å². The van der Waals surface area contributed by atoms with Crippen LogP contribution < -0.4 is 5.73 Å². The highest BCUT2D eigenvalue weighted by Gasteiger charge is 2.13. The number of rotatable bonds is 4. The van der Waals surface area contributed by atoms with Crippen molar-refractivity contribution < 1.29 is 0 Å². The Morgan fingerprint density at radius 1 is 1.00 bits per heavy atom. The molecule has 0 bridgehead atoms. The monoisotopic (exact) mass is 338 g/mol. The van der Waals surface area contributed by atoms with Crippen molar-refractivity contribution >= 4 is 36.4 Å². The fraction of sp³-hybridized carbons (Fsp3) is 0.600. The van der Waals surface area contributed by atoms with Crippen molar-refractivity contribution in [3.8, 4) is 0 Å². The van der Waals surface area contributed by atoms with E-state index in [-0.39, 0.29) is 30.9 Å². The van der Waals surface area contributed by atoms with Gasteiger partial charge in [0.25, 0.3) is 0 Å². The number of nitrogens with two attached hydrogens (primary N) is 1. The highest BCUT2D eigenvalue weighted by molar-refractivity contribution is 6.30. The fourth-order valence-electron chi connectivity index (χ4n) is 2.64. The number of benzene rings is 1. The Morgan fingerprint density at radius 2 is 1.55 bits per heavy atom. The molecule has 0 saturated carbocycles. The average molecular weight is 340 g/mol. The van der Waals surface area contributed by atoms with Gasteiger partial charge in [0, 0.05) is 17.6 Å². The van der Waals surface area contributed by atoms with Crippen LogP contribution >= 0.6 is 36.4 Å². The van der Waals surface area contributed by atoms with Gasteiger partial charge in [-0.2, -0.15) is 0 Å². The number of likely N-dealkylation sites (tertiary alicyclic amines) is 1. The third-order valence-electron chi connectivity index (χ3n) is 3.60. The molecular weight excluding hydrogens is 315 g/mol. The van der Waals surface area contributed by atoms with E-state index in [0.29, 0.717) is 0 Å². The zero-order chi connectivity index (χ0) is 12.8. The maximum atomic E-state index is 6.25. The molecule has 0 radical (unpaired) electrons. The number of hydrogen-bond acceptors (Lipinski definition) is 2. The zero-order valence-electron chi connectivity index (χ0n) is 11.8. The highest BCUT2D eigenvalue weighted by Crippen LogP contribution is 2.13. The summed E-state index contributed by atoms with van der Waals surface area (Å²) in [5.41, 5.74) is 7.53. The average Bonchev–Trinajstić information content (AvgIpc) is 2.61. The van der Waals surface area contributed by atoms with Crippen molar-refractivity contribution in [1.82, 2.24) is 4.90 Å². The van der Waals surface area contributed by atoms with E-state index in [2.05, 4.69) is 17.0 Å². The number of halogens is 3. The van der Waals surface area contributed by atoms with Gasteiger partial charge in [0.1, 0.15) is 0 Å². The Morgan fingerprint density at radius 3 is 2.10 bits per heavy atom. The van der Waals surface area contributed by atoms with Crippen molar-refractivity contribution in [2.24, 2.45) is 5.73 Å². The second-order valence-electron chi connectivity index (χ2n) is 5.31. The molecule has 20 heavy (non-hydrogen) atoms. The molecule has 1 aliphatic heterocycles. The van der Waals surface area contributed by atoms with Crippen molar-refractivity contribution in [2.75, 3.05) is 19.6 Å². The Balaban J connectivity index is 0.00000180. The molecule has 0 aromatic heterocycles. The first kappa shape index (κ1) is 20.0. The quantitative estimate of drug-likeness (QED) is 0.900. The second-order valence-corrected chi connectivity index (χ2v) is 5.74. The first-order valence-corrected chi connectivity index (χ1v) is 7.34. The van der Waals surface area contributed by atoms with Crippen LogP contribution in [0.4, 0.5) is 0 Å². The number of nitrogens with zero attached hydrogens (tertiary/aromatic N) is 1. The maximum Gasteiger partial charge on any atom is 0.0406 e. The van der Waals surface area contributed by atoms with Crippen LogP contribution in [0.15, 0.2) is 24.3 Å². The third-order valence-corrected chi connectivity index (χ3v) is 3.85. The zero-order valence-corrected chi connectivity index (χ0v) is 14.2. The first-order valence-electron chi connectivity index (χ1n) is 6.96. The maximum absolute atomic E-state index is 6.25. The van der Waals surface area contributed by atoms with Crippen LogP contribution in [-0.4, -0.2) is 30.6 Å². The summed E-state index contributed by atoms with van der Waals surface area (Å²) in [5, 5.41) is 0.792. The number of hydrogen-bond donors (Lipinski definition) is 1. The summed E-state index contributed by atoms with van der Waals surface area (Å²) in [6.45, 7) is 3.45. The Labute approximate surface area is 139 Å². The van der Waals surface area contributed by atoms with E-state index in [1.807, 2.05) is 12.1 Å².